The molecule has 82 valence electrons. The first kappa shape index (κ1) is 11.7. The first-order valence-electron chi connectivity index (χ1n) is 4.95. The Hall–Kier alpha value is -1.35. The summed E-state index contributed by atoms with van der Waals surface area (Å²) in [4.78, 5) is 13.3. The normalized spacial score (nSPS) is 12.8. The maximum atomic E-state index is 11.4. The summed E-state index contributed by atoms with van der Waals surface area (Å²) in [6.07, 6.45) is 0.683. The number of carbonyl (C=O) groups excluding carboxylic acids is 1. The summed E-state index contributed by atoms with van der Waals surface area (Å²) in [5, 5.41) is 9.13. The molecule has 1 aromatic rings. The number of ketones is 1. The fraction of sp³-hybridized carbons (Fsp3) is 0.417. The molecule has 0 heterocycles. The van der Waals surface area contributed by atoms with Crippen LogP contribution in [0.25, 0.3) is 0 Å². The Morgan fingerprint density at radius 3 is 2.27 bits per heavy atom. The van der Waals surface area contributed by atoms with Gasteiger partial charge in [-0.15, -0.1) is 0 Å². The molecule has 0 amide bonds. The second kappa shape index (κ2) is 4.94. The predicted molar refractivity (Wildman–Crippen MR) is 60.0 cm³/mol. The molecule has 1 N–H and O–H groups in total. The summed E-state index contributed by atoms with van der Waals surface area (Å²) in [6.45, 7) is 1.60. The van der Waals surface area contributed by atoms with Gasteiger partial charge in [0, 0.05) is 0 Å². The second-order valence-corrected chi connectivity index (χ2v) is 3.96. The van der Waals surface area contributed by atoms with Crippen molar-refractivity contribution in [3.63, 3.8) is 0 Å². The molecule has 0 spiro atoms. The highest BCUT2D eigenvalue weighted by Crippen LogP contribution is 2.13. The largest absolute Gasteiger partial charge is 0.508 e. The first-order valence-corrected chi connectivity index (χ1v) is 4.95. The molecular formula is C12H17NO2. The lowest BCUT2D eigenvalue weighted by molar-refractivity contribution is -0.121. The number of Topliss-reactive ketones (excluding diaryl/α,β-unsaturated/α-hetero) is 1. The van der Waals surface area contributed by atoms with E-state index in [0.29, 0.717) is 6.42 Å². The maximum Gasteiger partial charge on any atom is 0.147 e. The van der Waals surface area contributed by atoms with Gasteiger partial charge in [-0.2, -0.15) is 0 Å². The minimum absolute atomic E-state index is 0.0884. The Labute approximate surface area is 90.3 Å². The third kappa shape index (κ3) is 3.36. The molecule has 0 fully saturated rings. The number of phenols is 1. The van der Waals surface area contributed by atoms with E-state index in [-0.39, 0.29) is 17.6 Å². The Bertz CT molecular complexity index is 330. The van der Waals surface area contributed by atoms with Gasteiger partial charge in [0.2, 0.25) is 0 Å². The molecular weight excluding hydrogens is 190 g/mol. The SMILES string of the molecule is CC(=O)[C@@H](Cc1ccc(O)cc1)N(C)C. The smallest absolute Gasteiger partial charge is 0.147 e. The average Bonchev–Trinajstić information content (AvgIpc) is 2.15. The van der Waals surface area contributed by atoms with Crippen molar-refractivity contribution in [1.29, 1.82) is 0 Å². The van der Waals surface area contributed by atoms with Gasteiger partial charge in [-0.3, -0.25) is 9.69 Å². The van der Waals surface area contributed by atoms with Crippen LogP contribution < -0.4 is 0 Å². The minimum atomic E-state index is -0.0884. The third-order valence-electron chi connectivity index (χ3n) is 2.46. The second-order valence-electron chi connectivity index (χ2n) is 3.96. The molecule has 0 aliphatic carbocycles. The molecule has 0 saturated heterocycles. The van der Waals surface area contributed by atoms with Crippen molar-refractivity contribution in [3.05, 3.63) is 29.8 Å². The predicted octanol–water partition coefficient (Wildman–Crippen LogP) is 1.45. The van der Waals surface area contributed by atoms with Gasteiger partial charge in [0.15, 0.2) is 0 Å². The summed E-state index contributed by atoms with van der Waals surface area (Å²) in [7, 11) is 3.79. The molecule has 0 aliphatic rings. The van der Waals surface area contributed by atoms with Crippen molar-refractivity contribution in [2.75, 3.05) is 14.1 Å². The molecule has 3 heteroatoms. The Morgan fingerprint density at radius 2 is 1.87 bits per heavy atom. The standard InChI is InChI=1S/C12H17NO2/c1-9(14)12(13(2)3)8-10-4-6-11(15)7-5-10/h4-7,12,15H,8H2,1-3H3/t12-/m1/s1. The van der Waals surface area contributed by atoms with Crippen LogP contribution in [0.1, 0.15) is 12.5 Å². The summed E-state index contributed by atoms with van der Waals surface area (Å²) in [5.74, 6) is 0.413. The van der Waals surface area contributed by atoms with Crippen LogP contribution in [-0.4, -0.2) is 35.9 Å². The van der Waals surface area contributed by atoms with E-state index in [1.54, 1.807) is 19.1 Å². The highest BCUT2D eigenvalue weighted by Gasteiger charge is 2.16. The molecule has 1 atom stereocenters. The number of aromatic hydroxyl groups is 1. The van der Waals surface area contributed by atoms with Crippen LogP contribution in [0.3, 0.4) is 0 Å². The van der Waals surface area contributed by atoms with E-state index in [1.807, 2.05) is 31.1 Å². The van der Waals surface area contributed by atoms with E-state index in [1.165, 1.54) is 0 Å². The van der Waals surface area contributed by atoms with Gasteiger partial charge in [-0.1, -0.05) is 12.1 Å². The van der Waals surface area contributed by atoms with Crippen LogP contribution in [0.2, 0.25) is 0 Å². The van der Waals surface area contributed by atoms with Crippen molar-refractivity contribution in [2.45, 2.75) is 19.4 Å². The van der Waals surface area contributed by atoms with E-state index in [2.05, 4.69) is 0 Å². The molecule has 0 aliphatic heterocycles. The molecule has 0 bridgehead atoms. The molecule has 0 saturated carbocycles. The van der Waals surface area contributed by atoms with Crippen LogP contribution in [0.4, 0.5) is 0 Å². The fourth-order valence-electron chi connectivity index (χ4n) is 1.55. The van der Waals surface area contributed by atoms with Crippen LogP contribution in [0.5, 0.6) is 5.75 Å². The fourth-order valence-corrected chi connectivity index (χ4v) is 1.55. The van der Waals surface area contributed by atoms with Gasteiger partial charge in [0.25, 0.3) is 0 Å². The summed E-state index contributed by atoms with van der Waals surface area (Å²) < 4.78 is 0. The molecule has 1 rings (SSSR count). The first-order chi connectivity index (χ1) is 7.00. The zero-order valence-electron chi connectivity index (χ0n) is 9.40. The number of rotatable bonds is 4. The van der Waals surface area contributed by atoms with Crippen LogP contribution >= 0.6 is 0 Å². The quantitative estimate of drug-likeness (QED) is 0.812. The van der Waals surface area contributed by atoms with Gasteiger partial charge >= 0.3 is 0 Å². The molecule has 0 radical (unpaired) electrons. The van der Waals surface area contributed by atoms with E-state index < -0.39 is 0 Å². The Balaban J connectivity index is 2.74. The summed E-state index contributed by atoms with van der Waals surface area (Å²) >= 11 is 0. The molecule has 3 nitrogen and oxygen atoms in total. The van der Waals surface area contributed by atoms with Gasteiger partial charge in [0.05, 0.1) is 6.04 Å². The maximum absolute atomic E-state index is 11.4. The number of nitrogens with zero attached hydrogens (tertiary/aromatic N) is 1. The van der Waals surface area contributed by atoms with E-state index in [0.717, 1.165) is 5.56 Å². The third-order valence-corrected chi connectivity index (χ3v) is 2.46. The summed E-state index contributed by atoms with van der Waals surface area (Å²) in [5.41, 5.74) is 1.06. The molecule has 1 aromatic carbocycles. The number of hydrogen-bond donors (Lipinski definition) is 1. The van der Waals surface area contributed by atoms with E-state index >= 15 is 0 Å². The van der Waals surface area contributed by atoms with Crippen molar-refractivity contribution in [1.82, 2.24) is 4.90 Å². The average molecular weight is 207 g/mol. The van der Waals surface area contributed by atoms with Crippen LogP contribution in [0.15, 0.2) is 24.3 Å². The van der Waals surface area contributed by atoms with Crippen LogP contribution in [0, 0.1) is 0 Å². The van der Waals surface area contributed by atoms with Crippen molar-refractivity contribution < 1.29 is 9.90 Å². The number of hydrogen-bond acceptors (Lipinski definition) is 3. The van der Waals surface area contributed by atoms with Crippen molar-refractivity contribution >= 4 is 5.78 Å². The lowest BCUT2D eigenvalue weighted by atomic mass is 10.0. The highest BCUT2D eigenvalue weighted by molar-refractivity contribution is 5.81. The van der Waals surface area contributed by atoms with Gasteiger partial charge in [0.1, 0.15) is 11.5 Å². The lowest BCUT2D eigenvalue weighted by Crippen LogP contribution is -2.36. The van der Waals surface area contributed by atoms with Crippen molar-refractivity contribution in [3.8, 4) is 5.75 Å². The Morgan fingerprint density at radius 1 is 1.33 bits per heavy atom. The van der Waals surface area contributed by atoms with Gasteiger partial charge in [-0.25, -0.2) is 0 Å². The molecule has 15 heavy (non-hydrogen) atoms. The van der Waals surface area contributed by atoms with E-state index in [4.69, 9.17) is 5.11 Å². The van der Waals surface area contributed by atoms with Crippen LogP contribution in [-0.2, 0) is 11.2 Å². The zero-order chi connectivity index (χ0) is 11.4. The van der Waals surface area contributed by atoms with Gasteiger partial charge < -0.3 is 5.11 Å². The number of benzene rings is 1. The minimum Gasteiger partial charge on any atom is -0.508 e. The molecule has 0 aromatic heterocycles. The Kier molecular flexibility index (Phi) is 3.86. The van der Waals surface area contributed by atoms with Crippen molar-refractivity contribution in [2.24, 2.45) is 0 Å². The monoisotopic (exact) mass is 207 g/mol. The number of phenolic OH excluding ortho intramolecular Hbond substituents is 1. The number of carbonyl (C=O) groups is 1. The zero-order valence-corrected chi connectivity index (χ0v) is 9.40. The number of likely N-dealkylation sites (N-methyl/N-ethyl adjacent to an activating group) is 1. The summed E-state index contributed by atoms with van der Waals surface area (Å²) in [6, 6.07) is 6.88. The lowest BCUT2D eigenvalue weighted by Gasteiger charge is -2.21. The van der Waals surface area contributed by atoms with E-state index in [9.17, 15) is 4.79 Å². The highest BCUT2D eigenvalue weighted by atomic mass is 16.3. The topological polar surface area (TPSA) is 40.5 Å². The molecule has 0 unspecified atom stereocenters. The van der Waals surface area contributed by atoms with Gasteiger partial charge in [-0.05, 0) is 45.1 Å².